The summed E-state index contributed by atoms with van der Waals surface area (Å²) in [6, 6.07) is 19.3. The van der Waals surface area contributed by atoms with Crippen molar-refractivity contribution in [2.24, 2.45) is 5.92 Å². The molecule has 0 saturated heterocycles. The van der Waals surface area contributed by atoms with E-state index in [1.54, 1.807) is 12.1 Å². The number of hydrogen-bond acceptors (Lipinski definition) is 3. The molecule has 1 amide bonds. The molecule has 0 spiro atoms. The lowest BCUT2D eigenvalue weighted by atomic mass is 10.1. The predicted octanol–water partition coefficient (Wildman–Crippen LogP) is 5.50. The summed E-state index contributed by atoms with van der Waals surface area (Å²) in [6.07, 6.45) is 0.752. The number of hydrogen-bond donors (Lipinski definition) is 2. The number of amides is 1. The Hall–Kier alpha value is -2.83. The molecular weight excluding hydrogens is 432 g/mol. The summed E-state index contributed by atoms with van der Waals surface area (Å²) in [4.78, 5) is 12.7. The fraction of sp³-hybridized carbons (Fsp3) is 0.208. The Labute approximate surface area is 187 Å². The van der Waals surface area contributed by atoms with Gasteiger partial charge in [-0.3, -0.25) is 9.52 Å². The Morgan fingerprint density at radius 3 is 2.23 bits per heavy atom. The molecule has 1 aliphatic rings. The first-order valence-corrected chi connectivity index (χ1v) is 11.9. The third kappa shape index (κ3) is 4.60. The molecule has 7 heteroatoms. The minimum Gasteiger partial charge on any atom is -0.326 e. The van der Waals surface area contributed by atoms with E-state index in [9.17, 15) is 13.2 Å². The van der Waals surface area contributed by atoms with Crippen LogP contribution in [-0.2, 0) is 14.8 Å². The summed E-state index contributed by atoms with van der Waals surface area (Å²) in [5, 5.41) is 3.55. The molecule has 2 N–H and O–H groups in total. The molecule has 4 rings (SSSR count). The normalized spacial score (nSPS) is 17.8. The summed E-state index contributed by atoms with van der Waals surface area (Å²) in [5.41, 5.74) is 3.83. The van der Waals surface area contributed by atoms with E-state index >= 15 is 0 Å². The molecule has 0 aromatic heterocycles. The lowest BCUT2D eigenvalue weighted by Crippen LogP contribution is -2.16. The van der Waals surface area contributed by atoms with E-state index in [0.717, 1.165) is 23.1 Å². The quantitative estimate of drug-likeness (QED) is 0.516. The highest BCUT2D eigenvalue weighted by atomic mass is 35.5. The number of sulfonamides is 1. The van der Waals surface area contributed by atoms with Crippen LogP contribution in [0.15, 0.2) is 71.6 Å². The van der Waals surface area contributed by atoms with Gasteiger partial charge < -0.3 is 5.32 Å². The van der Waals surface area contributed by atoms with Gasteiger partial charge in [-0.2, -0.15) is 0 Å². The van der Waals surface area contributed by atoms with Crippen LogP contribution in [0, 0.1) is 19.8 Å². The van der Waals surface area contributed by atoms with Gasteiger partial charge in [-0.15, -0.1) is 0 Å². The summed E-state index contributed by atoms with van der Waals surface area (Å²) in [5.74, 6) is -0.0990. The van der Waals surface area contributed by atoms with Crippen molar-refractivity contribution in [3.63, 3.8) is 0 Å². The van der Waals surface area contributed by atoms with Crippen LogP contribution < -0.4 is 10.0 Å². The van der Waals surface area contributed by atoms with E-state index in [-0.39, 0.29) is 22.6 Å². The molecular formula is C24H23ClN2O3S. The van der Waals surface area contributed by atoms with Crippen LogP contribution in [0.2, 0.25) is 5.02 Å². The zero-order chi connectivity index (χ0) is 22.2. The summed E-state index contributed by atoms with van der Waals surface area (Å²) in [6.45, 7) is 3.72. The first-order valence-electron chi connectivity index (χ1n) is 10.0. The highest BCUT2D eigenvalue weighted by molar-refractivity contribution is 7.92. The molecule has 0 aliphatic heterocycles. The lowest BCUT2D eigenvalue weighted by molar-refractivity contribution is -0.117. The first-order chi connectivity index (χ1) is 14.8. The Morgan fingerprint density at radius 1 is 0.935 bits per heavy atom. The molecule has 2 atom stereocenters. The van der Waals surface area contributed by atoms with E-state index in [4.69, 9.17) is 11.6 Å². The number of benzene rings is 3. The van der Waals surface area contributed by atoms with E-state index in [1.165, 1.54) is 12.1 Å². The van der Waals surface area contributed by atoms with Gasteiger partial charge in [0, 0.05) is 16.6 Å². The van der Waals surface area contributed by atoms with E-state index < -0.39 is 10.0 Å². The van der Waals surface area contributed by atoms with Crippen LogP contribution in [0.25, 0.3) is 0 Å². The standard InChI is InChI=1S/C24H23ClN2O3S/c1-15-6-5-7-16(2)23(15)27-31(29,30)18-12-10-17(11-13-18)26-24(28)21-14-20(21)19-8-3-4-9-22(19)25/h3-13,20-21,27H,14H2,1-2H3,(H,26,28). The molecule has 3 aromatic carbocycles. The second kappa shape index (κ2) is 8.36. The molecule has 1 aliphatic carbocycles. The average molecular weight is 455 g/mol. The number of carbonyl (C=O) groups is 1. The third-order valence-corrected chi connectivity index (χ3v) is 7.29. The minimum atomic E-state index is -3.73. The zero-order valence-corrected chi connectivity index (χ0v) is 18.8. The number of nitrogens with one attached hydrogen (secondary N) is 2. The molecule has 3 aromatic rings. The van der Waals surface area contributed by atoms with Gasteiger partial charge in [0.15, 0.2) is 0 Å². The van der Waals surface area contributed by atoms with Crippen molar-refractivity contribution in [3.8, 4) is 0 Å². The SMILES string of the molecule is Cc1cccc(C)c1NS(=O)(=O)c1ccc(NC(=O)C2CC2c2ccccc2Cl)cc1. The number of aryl methyl sites for hydroxylation is 2. The van der Waals surface area contributed by atoms with E-state index in [2.05, 4.69) is 10.0 Å². The fourth-order valence-electron chi connectivity index (χ4n) is 3.73. The maximum atomic E-state index is 12.8. The largest absolute Gasteiger partial charge is 0.326 e. The Morgan fingerprint density at radius 2 is 1.58 bits per heavy atom. The Kier molecular flexibility index (Phi) is 5.77. The fourth-order valence-corrected chi connectivity index (χ4v) is 5.20. The smallest absolute Gasteiger partial charge is 0.261 e. The van der Waals surface area contributed by atoms with Crippen molar-refractivity contribution in [1.82, 2.24) is 0 Å². The van der Waals surface area contributed by atoms with Gasteiger partial charge in [0.2, 0.25) is 5.91 Å². The monoisotopic (exact) mass is 454 g/mol. The minimum absolute atomic E-state index is 0.0887. The van der Waals surface area contributed by atoms with Gasteiger partial charge >= 0.3 is 0 Å². The Bertz CT molecular complexity index is 1220. The van der Waals surface area contributed by atoms with Crippen molar-refractivity contribution >= 4 is 38.9 Å². The molecule has 0 bridgehead atoms. The summed E-state index contributed by atoms with van der Waals surface area (Å²) in [7, 11) is -3.73. The van der Waals surface area contributed by atoms with Crippen molar-refractivity contribution in [2.45, 2.75) is 31.1 Å². The van der Waals surface area contributed by atoms with Crippen LogP contribution in [0.5, 0.6) is 0 Å². The summed E-state index contributed by atoms with van der Waals surface area (Å²) >= 11 is 6.23. The number of anilines is 2. The maximum Gasteiger partial charge on any atom is 0.261 e. The maximum absolute atomic E-state index is 12.8. The zero-order valence-electron chi connectivity index (χ0n) is 17.2. The van der Waals surface area contributed by atoms with Crippen molar-refractivity contribution < 1.29 is 13.2 Å². The van der Waals surface area contributed by atoms with E-state index in [1.807, 2.05) is 56.3 Å². The Balaban J connectivity index is 1.43. The number of halogens is 1. The van der Waals surface area contributed by atoms with Crippen LogP contribution in [0.4, 0.5) is 11.4 Å². The molecule has 2 unspecified atom stereocenters. The van der Waals surface area contributed by atoms with Crippen molar-refractivity contribution in [1.29, 1.82) is 0 Å². The number of carbonyl (C=O) groups excluding carboxylic acids is 1. The van der Waals surface area contributed by atoms with Crippen LogP contribution in [-0.4, -0.2) is 14.3 Å². The second-order valence-corrected chi connectivity index (χ2v) is 9.95. The molecule has 1 fully saturated rings. The number of para-hydroxylation sites is 1. The molecule has 0 radical (unpaired) electrons. The van der Waals surface area contributed by atoms with Crippen LogP contribution >= 0.6 is 11.6 Å². The second-order valence-electron chi connectivity index (χ2n) is 7.86. The highest BCUT2D eigenvalue weighted by Crippen LogP contribution is 2.50. The predicted molar refractivity (Wildman–Crippen MR) is 124 cm³/mol. The highest BCUT2D eigenvalue weighted by Gasteiger charge is 2.44. The van der Waals surface area contributed by atoms with Gasteiger partial charge in [-0.25, -0.2) is 8.42 Å². The molecule has 160 valence electrons. The topological polar surface area (TPSA) is 75.3 Å². The third-order valence-electron chi connectivity index (χ3n) is 5.58. The number of rotatable bonds is 6. The lowest BCUT2D eigenvalue weighted by Gasteiger charge is -2.13. The van der Waals surface area contributed by atoms with E-state index in [0.29, 0.717) is 16.4 Å². The first kappa shape index (κ1) is 21.4. The van der Waals surface area contributed by atoms with Crippen LogP contribution in [0.3, 0.4) is 0 Å². The average Bonchev–Trinajstić information content (AvgIpc) is 3.52. The van der Waals surface area contributed by atoms with Gasteiger partial charge in [0.25, 0.3) is 10.0 Å². The van der Waals surface area contributed by atoms with Crippen molar-refractivity contribution in [3.05, 3.63) is 88.4 Å². The van der Waals surface area contributed by atoms with Gasteiger partial charge in [-0.05, 0) is 73.2 Å². The van der Waals surface area contributed by atoms with Crippen LogP contribution in [0.1, 0.15) is 29.0 Å². The molecule has 31 heavy (non-hydrogen) atoms. The van der Waals surface area contributed by atoms with Gasteiger partial charge in [-0.1, -0.05) is 48.0 Å². The van der Waals surface area contributed by atoms with Crippen molar-refractivity contribution in [2.75, 3.05) is 10.0 Å². The van der Waals surface area contributed by atoms with Gasteiger partial charge in [0.05, 0.1) is 10.6 Å². The molecule has 5 nitrogen and oxygen atoms in total. The molecule has 0 heterocycles. The summed E-state index contributed by atoms with van der Waals surface area (Å²) < 4.78 is 28.2. The van der Waals surface area contributed by atoms with Gasteiger partial charge in [0.1, 0.15) is 0 Å². The molecule has 1 saturated carbocycles.